The number of benzene rings is 2. The second kappa shape index (κ2) is 5.54. The third-order valence-corrected chi connectivity index (χ3v) is 3.55. The van der Waals surface area contributed by atoms with Crippen molar-refractivity contribution in [1.82, 2.24) is 5.32 Å². The zero-order chi connectivity index (χ0) is 14.8. The molecule has 2 aromatic rings. The number of nitrogens with zero attached hydrogens (tertiary/aromatic N) is 1. The van der Waals surface area contributed by atoms with E-state index in [0.29, 0.717) is 5.69 Å². The lowest BCUT2D eigenvalue weighted by molar-refractivity contribution is -0.113. The van der Waals surface area contributed by atoms with Crippen molar-refractivity contribution < 1.29 is 9.59 Å². The van der Waals surface area contributed by atoms with Crippen molar-refractivity contribution in [2.45, 2.75) is 0 Å². The SMILES string of the molecule is O=C1N/C(=C/c2cccc(Br)c2)C(=O)N1c1ccccc1. The van der Waals surface area contributed by atoms with Crippen LogP contribution < -0.4 is 10.2 Å². The van der Waals surface area contributed by atoms with Gasteiger partial charge in [0, 0.05) is 4.47 Å². The maximum absolute atomic E-state index is 12.4. The fourth-order valence-electron chi connectivity index (χ4n) is 2.11. The summed E-state index contributed by atoms with van der Waals surface area (Å²) < 4.78 is 0.911. The lowest BCUT2D eigenvalue weighted by Crippen LogP contribution is -2.30. The largest absolute Gasteiger partial charge is 0.333 e. The highest BCUT2D eigenvalue weighted by Gasteiger charge is 2.34. The first-order chi connectivity index (χ1) is 10.1. The van der Waals surface area contributed by atoms with Gasteiger partial charge in [-0.25, -0.2) is 9.69 Å². The van der Waals surface area contributed by atoms with Gasteiger partial charge in [-0.1, -0.05) is 46.3 Å². The number of urea groups is 1. The summed E-state index contributed by atoms with van der Waals surface area (Å²) in [5.74, 6) is -0.355. The maximum Gasteiger partial charge on any atom is 0.333 e. The number of carbonyl (C=O) groups excluding carboxylic acids is 2. The predicted octanol–water partition coefficient (Wildman–Crippen LogP) is 3.55. The molecule has 3 rings (SSSR count). The molecule has 0 bridgehead atoms. The molecule has 0 saturated carbocycles. The molecule has 0 spiro atoms. The van der Waals surface area contributed by atoms with Gasteiger partial charge in [0.2, 0.25) is 0 Å². The smallest absolute Gasteiger partial charge is 0.302 e. The highest BCUT2D eigenvalue weighted by atomic mass is 79.9. The average molecular weight is 343 g/mol. The maximum atomic E-state index is 12.4. The molecule has 104 valence electrons. The molecule has 5 heteroatoms. The Hall–Kier alpha value is -2.40. The molecule has 2 aromatic carbocycles. The second-order valence-corrected chi connectivity index (χ2v) is 5.43. The first kappa shape index (κ1) is 13.6. The number of hydrogen-bond donors (Lipinski definition) is 1. The van der Waals surface area contributed by atoms with Gasteiger partial charge in [0.05, 0.1) is 5.69 Å². The molecule has 1 aliphatic rings. The predicted molar refractivity (Wildman–Crippen MR) is 84.6 cm³/mol. The van der Waals surface area contributed by atoms with Gasteiger partial charge in [0.25, 0.3) is 5.91 Å². The molecule has 0 atom stereocenters. The Balaban J connectivity index is 1.94. The van der Waals surface area contributed by atoms with E-state index in [0.717, 1.165) is 14.9 Å². The van der Waals surface area contributed by atoms with Gasteiger partial charge in [-0.15, -0.1) is 0 Å². The Bertz CT molecular complexity index is 741. The van der Waals surface area contributed by atoms with Crippen LogP contribution in [0.4, 0.5) is 10.5 Å². The van der Waals surface area contributed by atoms with Gasteiger partial charge in [0.1, 0.15) is 5.70 Å². The van der Waals surface area contributed by atoms with Crippen molar-refractivity contribution in [2.75, 3.05) is 4.90 Å². The molecule has 3 amide bonds. The summed E-state index contributed by atoms with van der Waals surface area (Å²) >= 11 is 3.38. The van der Waals surface area contributed by atoms with Crippen molar-refractivity contribution in [3.05, 3.63) is 70.3 Å². The van der Waals surface area contributed by atoms with Crippen LogP contribution in [0.25, 0.3) is 6.08 Å². The van der Waals surface area contributed by atoms with E-state index in [1.807, 2.05) is 30.3 Å². The van der Waals surface area contributed by atoms with Crippen molar-refractivity contribution in [3.63, 3.8) is 0 Å². The number of nitrogens with one attached hydrogen (secondary N) is 1. The monoisotopic (exact) mass is 342 g/mol. The van der Waals surface area contributed by atoms with E-state index in [9.17, 15) is 9.59 Å². The molecule has 1 aliphatic heterocycles. The van der Waals surface area contributed by atoms with Crippen LogP contribution in [-0.4, -0.2) is 11.9 Å². The molecule has 0 radical (unpaired) electrons. The normalized spacial score (nSPS) is 16.4. The number of rotatable bonds is 2. The first-order valence-electron chi connectivity index (χ1n) is 6.33. The summed E-state index contributed by atoms with van der Waals surface area (Å²) in [5.41, 5.74) is 1.66. The molecule has 0 aromatic heterocycles. The summed E-state index contributed by atoms with van der Waals surface area (Å²) in [6.07, 6.45) is 1.66. The van der Waals surface area contributed by atoms with Crippen LogP contribution in [0.3, 0.4) is 0 Å². The minimum absolute atomic E-state index is 0.266. The molecule has 4 nitrogen and oxygen atoms in total. The van der Waals surface area contributed by atoms with Crippen LogP contribution in [0.15, 0.2) is 64.8 Å². The minimum Gasteiger partial charge on any atom is -0.302 e. The summed E-state index contributed by atoms with van der Waals surface area (Å²) in [6, 6.07) is 15.9. The number of carbonyl (C=O) groups is 2. The zero-order valence-electron chi connectivity index (χ0n) is 10.9. The Morgan fingerprint density at radius 1 is 1.00 bits per heavy atom. The molecule has 1 fully saturated rings. The van der Waals surface area contributed by atoms with E-state index in [1.54, 1.807) is 30.3 Å². The average Bonchev–Trinajstić information content (AvgIpc) is 2.74. The Kier molecular flexibility index (Phi) is 3.58. The summed E-state index contributed by atoms with van der Waals surface area (Å²) in [4.78, 5) is 25.5. The molecule has 0 aliphatic carbocycles. The third kappa shape index (κ3) is 2.73. The number of imide groups is 1. The standard InChI is InChI=1S/C16H11BrN2O2/c17-12-6-4-5-11(9-12)10-14-15(20)19(16(21)18-14)13-7-2-1-3-8-13/h1-10H,(H,18,21)/b14-10+. The van der Waals surface area contributed by atoms with Gasteiger partial charge >= 0.3 is 6.03 Å². The fourth-order valence-corrected chi connectivity index (χ4v) is 2.53. The summed E-state index contributed by atoms with van der Waals surface area (Å²) in [5, 5.41) is 2.60. The van der Waals surface area contributed by atoms with Crippen LogP contribution in [0.1, 0.15) is 5.56 Å². The van der Waals surface area contributed by atoms with Crippen molar-refractivity contribution in [2.24, 2.45) is 0 Å². The van der Waals surface area contributed by atoms with Crippen LogP contribution in [0.2, 0.25) is 0 Å². The van der Waals surface area contributed by atoms with Gasteiger partial charge in [-0.3, -0.25) is 4.79 Å². The Morgan fingerprint density at radius 2 is 1.76 bits per heavy atom. The molecule has 1 N–H and O–H groups in total. The number of amides is 3. The zero-order valence-corrected chi connectivity index (χ0v) is 12.5. The summed E-state index contributed by atoms with van der Waals surface area (Å²) in [7, 11) is 0. The highest BCUT2D eigenvalue weighted by Crippen LogP contribution is 2.22. The van der Waals surface area contributed by atoms with E-state index >= 15 is 0 Å². The van der Waals surface area contributed by atoms with Crippen LogP contribution in [-0.2, 0) is 4.79 Å². The van der Waals surface area contributed by atoms with E-state index in [2.05, 4.69) is 21.2 Å². The number of hydrogen-bond acceptors (Lipinski definition) is 2. The van der Waals surface area contributed by atoms with Crippen LogP contribution >= 0.6 is 15.9 Å². The summed E-state index contributed by atoms with van der Waals surface area (Å²) in [6.45, 7) is 0. The first-order valence-corrected chi connectivity index (χ1v) is 7.12. The number of halogens is 1. The number of para-hydroxylation sites is 1. The Labute approximate surface area is 130 Å². The van der Waals surface area contributed by atoms with Crippen molar-refractivity contribution in [3.8, 4) is 0 Å². The third-order valence-electron chi connectivity index (χ3n) is 3.05. The molecule has 21 heavy (non-hydrogen) atoms. The minimum atomic E-state index is -0.438. The molecular weight excluding hydrogens is 332 g/mol. The fraction of sp³-hybridized carbons (Fsp3) is 0. The molecule has 1 heterocycles. The van der Waals surface area contributed by atoms with Gasteiger partial charge in [-0.05, 0) is 35.9 Å². The van der Waals surface area contributed by atoms with Gasteiger partial charge in [-0.2, -0.15) is 0 Å². The van der Waals surface area contributed by atoms with Crippen molar-refractivity contribution >= 4 is 39.6 Å². The van der Waals surface area contributed by atoms with Gasteiger partial charge < -0.3 is 5.32 Å². The van der Waals surface area contributed by atoms with Gasteiger partial charge in [0.15, 0.2) is 0 Å². The van der Waals surface area contributed by atoms with E-state index in [1.165, 1.54) is 0 Å². The molecule has 0 unspecified atom stereocenters. The lowest BCUT2D eigenvalue weighted by atomic mass is 10.2. The van der Waals surface area contributed by atoms with Crippen LogP contribution in [0.5, 0.6) is 0 Å². The second-order valence-electron chi connectivity index (χ2n) is 4.52. The Morgan fingerprint density at radius 3 is 2.48 bits per heavy atom. The van der Waals surface area contributed by atoms with Crippen molar-refractivity contribution in [1.29, 1.82) is 0 Å². The van der Waals surface area contributed by atoms with E-state index < -0.39 is 6.03 Å². The quantitative estimate of drug-likeness (QED) is 0.670. The molecular formula is C16H11BrN2O2. The van der Waals surface area contributed by atoms with E-state index in [4.69, 9.17) is 0 Å². The topological polar surface area (TPSA) is 49.4 Å². The van der Waals surface area contributed by atoms with Crippen LogP contribution in [0, 0.1) is 0 Å². The molecule has 1 saturated heterocycles. The highest BCUT2D eigenvalue weighted by molar-refractivity contribution is 9.10. The van der Waals surface area contributed by atoms with E-state index in [-0.39, 0.29) is 11.6 Å². The number of anilines is 1. The lowest BCUT2D eigenvalue weighted by Gasteiger charge is -2.10.